The van der Waals surface area contributed by atoms with Crippen LogP contribution >= 0.6 is 11.6 Å². The second kappa shape index (κ2) is 6.53. The molecule has 6 heteroatoms. The van der Waals surface area contributed by atoms with Crippen molar-refractivity contribution in [2.75, 3.05) is 18.5 Å². The number of halogens is 1. The molecule has 2 aromatic carbocycles. The monoisotopic (exact) mass is 355 g/mol. The highest BCUT2D eigenvalue weighted by Crippen LogP contribution is 2.37. The topological polar surface area (TPSA) is 60.7 Å². The smallest absolute Gasteiger partial charge is 0.248 e. The van der Waals surface area contributed by atoms with Crippen LogP contribution in [0.2, 0.25) is 5.02 Å². The van der Waals surface area contributed by atoms with Crippen molar-refractivity contribution in [3.05, 3.63) is 59.3 Å². The van der Waals surface area contributed by atoms with E-state index in [1.165, 1.54) is 6.08 Å². The average Bonchev–Trinajstić information content (AvgIpc) is 3.03. The molecule has 0 saturated carbocycles. The first-order chi connectivity index (χ1) is 12.2. The number of carbonyl (C=O) groups is 1. The molecule has 3 aromatic rings. The zero-order chi connectivity index (χ0) is 17.2. The minimum absolute atomic E-state index is 0.320. The fourth-order valence-electron chi connectivity index (χ4n) is 2.58. The maximum atomic E-state index is 12.2. The molecule has 0 aliphatic carbocycles. The van der Waals surface area contributed by atoms with Gasteiger partial charge >= 0.3 is 0 Å². The number of carbonyl (C=O) groups excluding carboxylic acids is 1. The number of rotatable bonds is 3. The number of furan rings is 1. The SMILES string of the molecule is O=C(/C=C/c1cc2ccccc2o1)Nc1cc2c(cc1Cl)OCCO2. The standard InChI is InChI=1S/C19H14ClNO4/c20-14-10-17-18(24-8-7-23-17)11-15(14)21-19(22)6-5-13-9-12-3-1-2-4-16(12)25-13/h1-6,9-11H,7-8H2,(H,21,22)/b6-5+. The van der Waals surface area contributed by atoms with E-state index in [-0.39, 0.29) is 5.91 Å². The summed E-state index contributed by atoms with van der Waals surface area (Å²) in [6.45, 7) is 0.948. The lowest BCUT2D eigenvalue weighted by atomic mass is 10.2. The van der Waals surface area contributed by atoms with Gasteiger partial charge in [-0.15, -0.1) is 0 Å². The molecule has 0 fully saturated rings. The van der Waals surface area contributed by atoms with Gasteiger partial charge < -0.3 is 19.2 Å². The molecule has 0 spiro atoms. The summed E-state index contributed by atoms with van der Waals surface area (Å²) in [6, 6.07) is 12.8. The normalized spacial score (nSPS) is 13.3. The molecule has 1 aliphatic heterocycles. The van der Waals surface area contributed by atoms with E-state index >= 15 is 0 Å². The quantitative estimate of drug-likeness (QED) is 0.702. The summed E-state index contributed by atoms with van der Waals surface area (Å²) in [4.78, 5) is 12.2. The van der Waals surface area contributed by atoms with Crippen molar-refractivity contribution in [2.45, 2.75) is 0 Å². The van der Waals surface area contributed by atoms with Crippen molar-refractivity contribution in [2.24, 2.45) is 0 Å². The first-order valence-electron chi connectivity index (χ1n) is 7.76. The predicted molar refractivity (Wildman–Crippen MR) is 96.3 cm³/mol. The number of amides is 1. The van der Waals surface area contributed by atoms with E-state index in [0.29, 0.717) is 41.2 Å². The van der Waals surface area contributed by atoms with Crippen LogP contribution in [0.25, 0.3) is 17.0 Å². The second-order valence-electron chi connectivity index (χ2n) is 5.48. The van der Waals surface area contributed by atoms with E-state index in [1.807, 2.05) is 30.3 Å². The van der Waals surface area contributed by atoms with E-state index in [4.69, 9.17) is 25.5 Å². The molecule has 0 radical (unpaired) electrons. The van der Waals surface area contributed by atoms with E-state index in [9.17, 15) is 4.79 Å². The molecule has 1 N–H and O–H groups in total. The maximum absolute atomic E-state index is 12.2. The van der Waals surface area contributed by atoms with Crippen LogP contribution in [0.3, 0.4) is 0 Å². The average molecular weight is 356 g/mol. The number of benzene rings is 2. The van der Waals surface area contributed by atoms with Crippen molar-refractivity contribution in [3.8, 4) is 11.5 Å². The largest absolute Gasteiger partial charge is 0.486 e. The van der Waals surface area contributed by atoms with Gasteiger partial charge in [-0.2, -0.15) is 0 Å². The Bertz CT molecular complexity index is 944. The number of anilines is 1. The molecule has 1 amide bonds. The third kappa shape index (κ3) is 3.32. The van der Waals surface area contributed by atoms with Gasteiger partial charge in [-0.05, 0) is 18.2 Å². The van der Waals surface area contributed by atoms with Gasteiger partial charge in [-0.1, -0.05) is 29.8 Å². The van der Waals surface area contributed by atoms with E-state index in [0.717, 1.165) is 11.0 Å². The first kappa shape index (κ1) is 15.6. The Hall–Kier alpha value is -2.92. The van der Waals surface area contributed by atoms with Crippen molar-refractivity contribution >= 4 is 40.2 Å². The number of hydrogen-bond acceptors (Lipinski definition) is 4. The summed E-state index contributed by atoms with van der Waals surface area (Å²) in [7, 11) is 0. The fraction of sp³-hybridized carbons (Fsp3) is 0.105. The van der Waals surface area contributed by atoms with Gasteiger partial charge in [0.05, 0.1) is 10.7 Å². The highest BCUT2D eigenvalue weighted by molar-refractivity contribution is 6.34. The molecule has 0 bridgehead atoms. The van der Waals surface area contributed by atoms with Gasteiger partial charge in [0, 0.05) is 23.6 Å². The summed E-state index contributed by atoms with van der Waals surface area (Å²) in [5.41, 5.74) is 1.24. The maximum Gasteiger partial charge on any atom is 0.248 e. The van der Waals surface area contributed by atoms with Gasteiger partial charge in [0.2, 0.25) is 5.91 Å². The first-order valence-corrected chi connectivity index (χ1v) is 8.14. The lowest BCUT2D eigenvalue weighted by molar-refractivity contribution is -0.111. The van der Waals surface area contributed by atoms with Crippen LogP contribution in [0.5, 0.6) is 11.5 Å². The zero-order valence-corrected chi connectivity index (χ0v) is 13.9. The van der Waals surface area contributed by atoms with E-state index < -0.39 is 0 Å². The van der Waals surface area contributed by atoms with Crippen LogP contribution in [0.1, 0.15) is 5.76 Å². The highest BCUT2D eigenvalue weighted by Gasteiger charge is 2.15. The van der Waals surface area contributed by atoms with Crippen LogP contribution in [0.4, 0.5) is 5.69 Å². The van der Waals surface area contributed by atoms with Crippen LogP contribution in [-0.4, -0.2) is 19.1 Å². The van der Waals surface area contributed by atoms with Crippen LogP contribution in [0, 0.1) is 0 Å². The molecule has 25 heavy (non-hydrogen) atoms. The Morgan fingerprint density at radius 1 is 1.08 bits per heavy atom. The summed E-state index contributed by atoms with van der Waals surface area (Å²) >= 11 is 6.18. The Kier molecular flexibility index (Phi) is 4.07. The van der Waals surface area contributed by atoms with Crippen LogP contribution < -0.4 is 14.8 Å². The highest BCUT2D eigenvalue weighted by atomic mass is 35.5. The Labute approximate surface area is 148 Å². The zero-order valence-electron chi connectivity index (χ0n) is 13.1. The molecule has 0 unspecified atom stereocenters. The third-order valence-electron chi connectivity index (χ3n) is 3.73. The van der Waals surface area contributed by atoms with Crippen molar-refractivity contribution in [1.82, 2.24) is 0 Å². The number of para-hydroxylation sites is 1. The molecular formula is C19H14ClNO4. The van der Waals surface area contributed by atoms with Gasteiger partial charge in [-0.3, -0.25) is 4.79 Å². The summed E-state index contributed by atoms with van der Waals surface area (Å²) in [5.74, 6) is 1.42. The Balaban J connectivity index is 1.50. The van der Waals surface area contributed by atoms with Gasteiger partial charge in [-0.25, -0.2) is 0 Å². The van der Waals surface area contributed by atoms with Gasteiger partial charge in [0.15, 0.2) is 11.5 Å². The molecule has 1 aliphatic rings. The minimum atomic E-state index is -0.320. The minimum Gasteiger partial charge on any atom is -0.486 e. The molecule has 0 saturated heterocycles. The molecular weight excluding hydrogens is 342 g/mol. The molecule has 1 aromatic heterocycles. The van der Waals surface area contributed by atoms with Crippen LogP contribution in [-0.2, 0) is 4.79 Å². The predicted octanol–water partition coefficient (Wildman–Crippen LogP) is 4.51. The summed E-state index contributed by atoms with van der Waals surface area (Å²) in [6.07, 6.45) is 3.01. The molecule has 126 valence electrons. The Morgan fingerprint density at radius 2 is 1.84 bits per heavy atom. The van der Waals surface area contributed by atoms with E-state index in [1.54, 1.807) is 18.2 Å². The van der Waals surface area contributed by atoms with Gasteiger partial charge in [0.25, 0.3) is 0 Å². The number of nitrogens with one attached hydrogen (secondary N) is 1. The molecule has 2 heterocycles. The second-order valence-corrected chi connectivity index (χ2v) is 5.89. The third-order valence-corrected chi connectivity index (χ3v) is 4.05. The lowest BCUT2D eigenvalue weighted by Gasteiger charge is -2.19. The Morgan fingerprint density at radius 3 is 2.64 bits per heavy atom. The molecule has 0 atom stereocenters. The molecule has 5 nitrogen and oxygen atoms in total. The van der Waals surface area contributed by atoms with Crippen molar-refractivity contribution in [1.29, 1.82) is 0 Å². The summed E-state index contributed by atoms with van der Waals surface area (Å²) in [5, 5.41) is 4.10. The summed E-state index contributed by atoms with van der Waals surface area (Å²) < 4.78 is 16.6. The number of ether oxygens (including phenoxy) is 2. The number of hydrogen-bond donors (Lipinski definition) is 1. The fourth-order valence-corrected chi connectivity index (χ4v) is 2.78. The number of fused-ring (bicyclic) bond motifs is 2. The van der Waals surface area contributed by atoms with E-state index in [2.05, 4.69) is 5.32 Å². The van der Waals surface area contributed by atoms with Crippen molar-refractivity contribution in [3.63, 3.8) is 0 Å². The lowest BCUT2D eigenvalue weighted by Crippen LogP contribution is -2.16. The van der Waals surface area contributed by atoms with Gasteiger partial charge in [0.1, 0.15) is 24.6 Å². The van der Waals surface area contributed by atoms with Crippen LogP contribution in [0.15, 0.2) is 53.0 Å². The molecule has 4 rings (SSSR count). The van der Waals surface area contributed by atoms with Crippen molar-refractivity contribution < 1.29 is 18.7 Å².